The van der Waals surface area contributed by atoms with Crippen molar-refractivity contribution in [2.45, 2.75) is 13.8 Å². The molecular formula is C15H14O3. The number of carboxylic acids is 1. The summed E-state index contributed by atoms with van der Waals surface area (Å²) >= 11 is 0. The highest BCUT2D eigenvalue weighted by Gasteiger charge is 2.12. The Bertz CT molecular complexity index is 588. The van der Waals surface area contributed by atoms with Gasteiger partial charge in [-0.05, 0) is 37.6 Å². The molecule has 0 spiro atoms. The fraction of sp³-hybridized carbons (Fsp3) is 0.133. The van der Waals surface area contributed by atoms with Crippen LogP contribution in [0.5, 0.6) is 11.5 Å². The third-order valence-electron chi connectivity index (χ3n) is 2.68. The van der Waals surface area contributed by atoms with Crippen LogP contribution in [0.2, 0.25) is 0 Å². The third-order valence-corrected chi connectivity index (χ3v) is 2.68. The van der Waals surface area contributed by atoms with Gasteiger partial charge in [0.2, 0.25) is 0 Å². The second-order valence-corrected chi connectivity index (χ2v) is 4.17. The highest BCUT2D eigenvalue weighted by Crippen LogP contribution is 2.28. The number of carbonyl (C=O) groups is 1. The molecule has 0 radical (unpaired) electrons. The van der Waals surface area contributed by atoms with Crippen LogP contribution in [0, 0.1) is 13.8 Å². The average Bonchev–Trinajstić information content (AvgIpc) is 2.34. The van der Waals surface area contributed by atoms with Gasteiger partial charge in [0.25, 0.3) is 0 Å². The van der Waals surface area contributed by atoms with E-state index in [2.05, 4.69) is 0 Å². The monoisotopic (exact) mass is 242 g/mol. The van der Waals surface area contributed by atoms with E-state index in [4.69, 9.17) is 9.84 Å². The highest BCUT2D eigenvalue weighted by atomic mass is 16.5. The number of aryl methyl sites for hydroxylation is 2. The Morgan fingerprint density at radius 1 is 1.06 bits per heavy atom. The molecule has 3 heteroatoms. The Kier molecular flexibility index (Phi) is 3.33. The van der Waals surface area contributed by atoms with Crippen molar-refractivity contribution < 1.29 is 14.6 Å². The van der Waals surface area contributed by atoms with Crippen molar-refractivity contribution >= 4 is 5.97 Å². The van der Waals surface area contributed by atoms with Gasteiger partial charge >= 0.3 is 5.97 Å². The number of para-hydroxylation sites is 1. The van der Waals surface area contributed by atoms with Gasteiger partial charge in [0, 0.05) is 0 Å². The maximum Gasteiger partial charge on any atom is 0.339 e. The Labute approximate surface area is 106 Å². The van der Waals surface area contributed by atoms with Crippen molar-refractivity contribution in [3.8, 4) is 11.5 Å². The zero-order chi connectivity index (χ0) is 13.1. The van der Waals surface area contributed by atoms with Crippen molar-refractivity contribution in [1.82, 2.24) is 0 Å². The predicted octanol–water partition coefficient (Wildman–Crippen LogP) is 3.79. The lowest BCUT2D eigenvalue weighted by molar-refractivity contribution is 0.0694. The lowest BCUT2D eigenvalue weighted by atomic mass is 10.1. The molecule has 0 heterocycles. The lowest BCUT2D eigenvalue weighted by Gasteiger charge is -2.11. The van der Waals surface area contributed by atoms with E-state index in [1.165, 1.54) is 0 Å². The number of hydrogen-bond acceptors (Lipinski definition) is 2. The van der Waals surface area contributed by atoms with Crippen molar-refractivity contribution in [2.75, 3.05) is 0 Å². The van der Waals surface area contributed by atoms with Crippen LogP contribution < -0.4 is 4.74 Å². The van der Waals surface area contributed by atoms with Crippen LogP contribution in [0.3, 0.4) is 0 Å². The minimum Gasteiger partial charge on any atom is -0.478 e. The first kappa shape index (κ1) is 12.2. The molecule has 0 aliphatic heterocycles. The van der Waals surface area contributed by atoms with Gasteiger partial charge in [0.15, 0.2) is 0 Å². The van der Waals surface area contributed by atoms with Crippen LogP contribution in [0.15, 0.2) is 42.5 Å². The molecule has 92 valence electrons. The zero-order valence-electron chi connectivity index (χ0n) is 10.3. The van der Waals surface area contributed by atoms with E-state index in [0.717, 1.165) is 11.1 Å². The first-order valence-electron chi connectivity index (χ1n) is 5.65. The molecule has 0 unspecified atom stereocenters. The topological polar surface area (TPSA) is 46.5 Å². The fourth-order valence-electron chi connectivity index (χ4n) is 1.69. The predicted molar refractivity (Wildman–Crippen MR) is 69.4 cm³/mol. The standard InChI is InChI=1S/C15H14O3/c1-10-7-8-14(12(9-10)15(16)17)18-13-6-4-3-5-11(13)2/h3-9H,1-2H3,(H,16,17). The van der Waals surface area contributed by atoms with E-state index in [-0.39, 0.29) is 5.56 Å². The molecule has 0 fully saturated rings. The van der Waals surface area contributed by atoms with Crippen molar-refractivity contribution in [3.05, 3.63) is 59.2 Å². The van der Waals surface area contributed by atoms with E-state index in [1.807, 2.05) is 44.2 Å². The summed E-state index contributed by atoms with van der Waals surface area (Å²) < 4.78 is 5.68. The molecule has 0 saturated heterocycles. The molecule has 0 bridgehead atoms. The van der Waals surface area contributed by atoms with Gasteiger partial charge in [0.1, 0.15) is 17.1 Å². The quantitative estimate of drug-likeness (QED) is 0.890. The summed E-state index contributed by atoms with van der Waals surface area (Å²) in [6.45, 7) is 3.77. The Morgan fingerprint density at radius 3 is 2.44 bits per heavy atom. The Hall–Kier alpha value is -2.29. The summed E-state index contributed by atoms with van der Waals surface area (Å²) in [6.07, 6.45) is 0. The van der Waals surface area contributed by atoms with E-state index >= 15 is 0 Å². The molecule has 0 aliphatic rings. The van der Waals surface area contributed by atoms with Crippen molar-refractivity contribution in [1.29, 1.82) is 0 Å². The molecular weight excluding hydrogens is 228 g/mol. The highest BCUT2D eigenvalue weighted by molar-refractivity contribution is 5.91. The normalized spacial score (nSPS) is 10.1. The summed E-state index contributed by atoms with van der Waals surface area (Å²) in [5, 5.41) is 9.16. The first-order valence-corrected chi connectivity index (χ1v) is 5.65. The first-order chi connectivity index (χ1) is 8.58. The molecule has 0 aromatic heterocycles. The summed E-state index contributed by atoms with van der Waals surface area (Å²) in [4.78, 5) is 11.2. The molecule has 3 nitrogen and oxygen atoms in total. The maximum absolute atomic E-state index is 11.2. The molecule has 18 heavy (non-hydrogen) atoms. The number of hydrogen-bond donors (Lipinski definition) is 1. The fourth-order valence-corrected chi connectivity index (χ4v) is 1.69. The number of benzene rings is 2. The van der Waals surface area contributed by atoms with Gasteiger partial charge in [0.05, 0.1) is 0 Å². The van der Waals surface area contributed by atoms with Crippen molar-refractivity contribution in [3.63, 3.8) is 0 Å². The maximum atomic E-state index is 11.2. The largest absolute Gasteiger partial charge is 0.478 e. The number of rotatable bonds is 3. The smallest absolute Gasteiger partial charge is 0.339 e. The number of ether oxygens (including phenoxy) is 1. The summed E-state index contributed by atoms with van der Waals surface area (Å²) in [7, 11) is 0. The van der Waals surface area contributed by atoms with Crippen LogP contribution in [0.1, 0.15) is 21.5 Å². The molecule has 2 aromatic rings. The molecule has 0 aliphatic carbocycles. The van der Waals surface area contributed by atoms with Crippen LogP contribution in [-0.2, 0) is 0 Å². The molecule has 0 atom stereocenters. The summed E-state index contributed by atoms with van der Waals surface area (Å²) in [6, 6.07) is 12.6. The lowest BCUT2D eigenvalue weighted by Crippen LogP contribution is -2.01. The average molecular weight is 242 g/mol. The SMILES string of the molecule is Cc1ccc(Oc2ccccc2C)c(C(=O)O)c1. The second kappa shape index (κ2) is 4.92. The van der Waals surface area contributed by atoms with E-state index in [9.17, 15) is 4.79 Å². The van der Waals surface area contributed by atoms with Crippen molar-refractivity contribution in [2.24, 2.45) is 0 Å². The molecule has 1 N–H and O–H groups in total. The van der Waals surface area contributed by atoms with Gasteiger partial charge in [-0.15, -0.1) is 0 Å². The van der Waals surface area contributed by atoms with Crippen LogP contribution in [-0.4, -0.2) is 11.1 Å². The van der Waals surface area contributed by atoms with Crippen LogP contribution in [0.25, 0.3) is 0 Å². The molecule has 0 amide bonds. The van der Waals surface area contributed by atoms with Crippen LogP contribution >= 0.6 is 0 Å². The Morgan fingerprint density at radius 2 is 1.78 bits per heavy atom. The summed E-state index contributed by atoms with van der Waals surface area (Å²) in [5.74, 6) is 0.0496. The Balaban J connectivity index is 2.41. The van der Waals surface area contributed by atoms with Gasteiger partial charge in [-0.25, -0.2) is 4.79 Å². The minimum absolute atomic E-state index is 0.179. The van der Waals surface area contributed by atoms with Gasteiger partial charge < -0.3 is 9.84 Å². The third kappa shape index (κ3) is 2.51. The molecule has 2 aromatic carbocycles. The second-order valence-electron chi connectivity index (χ2n) is 4.17. The van der Waals surface area contributed by atoms with Gasteiger partial charge in [-0.2, -0.15) is 0 Å². The van der Waals surface area contributed by atoms with E-state index in [1.54, 1.807) is 12.1 Å². The van der Waals surface area contributed by atoms with Gasteiger partial charge in [-0.3, -0.25) is 0 Å². The van der Waals surface area contributed by atoms with Gasteiger partial charge in [-0.1, -0.05) is 29.8 Å². The minimum atomic E-state index is -0.984. The molecule has 0 saturated carbocycles. The van der Waals surface area contributed by atoms with Crippen LogP contribution in [0.4, 0.5) is 0 Å². The molecule has 2 rings (SSSR count). The zero-order valence-corrected chi connectivity index (χ0v) is 10.3. The van der Waals surface area contributed by atoms with E-state index in [0.29, 0.717) is 11.5 Å². The number of carboxylic acid groups (broad SMARTS) is 1. The summed E-state index contributed by atoms with van der Waals surface area (Å²) in [5.41, 5.74) is 2.04. The van der Waals surface area contributed by atoms with E-state index < -0.39 is 5.97 Å². The number of aromatic carboxylic acids is 1.